The average Bonchev–Trinajstić information content (AvgIpc) is 4.27. The van der Waals surface area contributed by atoms with Gasteiger partial charge in [-0.05, 0) is 116 Å². The van der Waals surface area contributed by atoms with E-state index in [1.54, 1.807) is 79.5 Å². The minimum atomic E-state index is 0. The van der Waals surface area contributed by atoms with Gasteiger partial charge in [-0.25, -0.2) is 11.4 Å². The van der Waals surface area contributed by atoms with E-state index >= 15 is 0 Å². The molecule has 412 valence electrons. The van der Waals surface area contributed by atoms with Crippen LogP contribution >= 0.6 is 0 Å². The molecule has 0 aliphatic heterocycles. The summed E-state index contributed by atoms with van der Waals surface area (Å²) >= 11 is 0. The van der Waals surface area contributed by atoms with Gasteiger partial charge < -0.3 is 77.8 Å². The first-order chi connectivity index (χ1) is 35.9. The van der Waals surface area contributed by atoms with Gasteiger partial charge in [-0.3, -0.25) is 0 Å². The molecule has 0 amide bonds. The van der Waals surface area contributed by atoms with Crippen molar-refractivity contribution in [2.45, 2.75) is 41.5 Å². The quantitative estimate of drug-likeness (QED) is 0.126. The predicted octanol–water partition coefficient (Wildman–Crippen LogP) is 2.33. The first kappa shape index (κ1) is 84.9. The van der Waals surface area contributed by atoms with Crippen LogP contribution in [0.5, 0.6) is 0 Å². The summed E-state index contributed by atoms with van der Waals surface area (Å²) in [5.74, 6) is 0.617. The Morgan fingerprint density at radius 2 is 0.926 bits per heavy atom. The summed E-state index contributed by atoms with van der Waals surface area (Å²) in [5, 5.41) is 49.4. The molecule has 0 saturated heterocycles. The molecule has 8 aromatic heterocycles. The maximum atomic E-state index is 4.17. The normalized spacial score (nSPS) is 10.2. The van der Waals surface area contributed by atoms with E-state index < -0.39 is 0 Å². The molecule has 0 atom stereocenters. The molecular weight excluding hydrogens is 2610 g/mol. The smallest absolute Gasteiger partial charge is 0.168 e. The number of hydrogen-bond acceptors (Lipinski definition) is 22. The Labute approximate surface area is 634 Å². The summed E-state index contributed by atoms with van der Waals surface area (Å²) in [6.07, 6.45) is 26.4. The molecule has 0 unspecified atom stereocenters. The topological polar surface area (TPSA) is 314 Å². The van der Waals surface area contributed by atoms with E-state index in [1.807, 2.05) is 83.1 Å². The summed E-state index contributed by atoms with van der Waals surface area (Å²) in [4.78, 5) is 34.8. The van der Waals surface area contributed by atoms with Gasteiger partial charge in [0.05, 0.1) is 0 Å². The van der Waals surface area contributed by atoms with Crippen LogP contribution in [-0.2, 0) is 0 Å². The van der Waals surface area contributed by atoms with Gasteiger partial charge >= 0.3 is 0 Å². The van der Waals surface area contributed by atoms with Gasteiger partial charge in [0, 0.05) is 294 Å². The van der Waals surface area contributed by atoms with Gasteiger partial charge in [-0.2, -0.15) is 30.6 Å². The second-order valence-electron chi connectivity index (χ2n) is 14.3. The summed E-state index contributed by atoms with van der Waals surface area (Å²) in [7, 11) is 11.5. The van der Waals surface area contributed by atoms with Crippen molar-refractivity contribution in [1.82, 2.24) is 110 Å². The third kappa shape index (κ3) is 30.9. The number of aryl methyl sites for hydroxylation is 6. The Kier molecular flexibility index (Phi) is 50.9. The van der Waals surface area contributed by atoms with Crippen molar-refractivity contribution in [3.8, 4) is 0 Å². The summed E-state index contributed by atoms with van der Waals surface area (Å²) < 4.78 is 8.94. The molecule has 36 heteroatoms. The third-order valence-corrected chi connectivity index (χ3v) is 8.37. The first-order valence-corrected chi connectivity index (χ1v) is 21.6. The molecule has 10 aromatic rings. The summed E-state index contributed by atoms with van der Waals surface area (Å²) in [5.41, 5.74) is 10.5. The maximum Gasteiger partial charge on any atom is 0.168 e. The van der Waals surface area contributed by atoms with Gasteiger partial charge in [0.15, 0.2) is 5.82 Å². The van der Waals surface area contributed by atoms with Crippen molar-refractivity contribution in [1.29, 1.82) is 0 Å². The predicted molar refractivity (Wildman–Crippen MR) is 280 cm³/mol. The van der Waals surface area contributed by atoms with Crippen molar-refractivity contribution in [3.63, 3.8) is 0 Å². The van der Waals surface area contributed by atoms with Gasteiger partial charge in [0.25, 0.3) is 0 Å². The van der Waals surface area contributed by atoms with Crippen LogP contribution in [-0.4, -0.2) is 203 Å². The minimum Gasteiger partial charge on any atom is -0.481 e. The first-order valence-electron chi connectivity index (χ1n) is 21.6. The molecule has 0 fully saturated rings. The number of aliphatic imine (C=N–C) groups is 7. The van der Waals surface area contributed by atoms with E-state index in [9.17, 15) is 0 Å². The number of benzene rings is 2. The van der Waals surface area contributed by atoms with Gasteiger partial charge in [0.2, 0.25) is 0 Å². The van der Waals surface area contributed by atoms with E-state index in [4.69, 9.17) is 0 Å². The second kappa shape index (κ2) is 48.6. The SMILES string of the molecule is CN=[C-]n1ccnn1.CN=[C-]n1cncn1.CN=[C-]n1nc(C)cc1C.CN=[C-]n1nnc(C)n1.CN=[C-]n1nnc2cc(C)ccc21.CN=[C-]n1nnc2cc(C)ccc21.CN=[C-]n1nnc2cc(C)cnc21.[U].[U].[U].[U].[U].[U].[U]. The zero-order valence-corrected chi connectivity index (χ0v) is 75.6. The molecule has 0 radical (unpaired) electrons. The molecule has 29 nitrogen and oxygen atoms in total. The van der Waals surface area contributed by atoms with E-state index in [-0.39, 0.29) is 218 Å². The number of fused-ring (bicyclic) bond motifs is 3. The van der Waals surface area contributed by atoms with Crippen LogP contribution in [0.4, 0.5) is 0 Å². The van der Waals surface area contributed by atoms with Crippen LogP contribution in [0, 0.1) is 259 Å². The van der Waals surface area contributed by atoms with E-state index in [0.29, 0.717) is 11.5 Å². The van der Waals surface area contributed by atoms with Crippen molar-refractivity contribution in [3.05, 3.63) is 114 Å². The maximum absolute atomic E-state index is 4.17. The van der Waals surface area contributed by atoms with Gasteiger partial charge in [-0.1, -0.05) is 73.5 Å². The molecule has 8 heterocycles. The third-order valence-electron chi connectivity index (χ3n) is 8.37. The van der Waals surface area contributed by atoms with Crippen molar-refractivity contribution < 1.29 is 218 Å². The molecule has 2 aromatic carbocycles. The van der Waals surface area contributed by atoms with Crippen LogP contribution in [0.15, 0.2) is 115 Å². The number of tetrazole rings is 1. The van der Waals surface area contributed by atoms with E-state index in [2.05, 4.69) is 156 Å². The number of aromatic nitrogens is 22. The van der Waals surface area contributed by atoms with Crippen LogP contribution in [0.3, 0.4) is 0 Å². The van der Waals surface area contributed by atoms with E-state index in [1.165, 1.54) is 52.0 Å². The zero-order chi connectivity index (χ0) is 53.7. The monoisotopic (exact) mass is 2660 g/mol. The van der Waals surface area contributed by atoms with Crippen molar-refractivity contribution in [2.24, 2.45) is 34.9 Å². The number of hydrogen-bond donors (Lipinski definition) is 0. The second-order valence-corrected chi connectivity index (χ2v) is 14.3. The standard InChI is InChI=1S/2C9H9N4.C8H8N5.C7H10N3.C4H6N5.2C4H5N4.7U/c2*1-7-3-4-9-8(5-7)11-12-13(9)6-10-2;1-6-3-7-8(10-4-6)13(5-9-2)12-11-7;1-6-4-7(2)10(9-6)5-8-3;1-4-6-8-9(7-4)3-5-2;1-5-3-8-4-6-2-7-8;1-5-4-8-3-2-6-7-8;;;;;;;/h2*3-5H,1-2H3;3-4H,1-2H3;4H,1-3H3;1-2H3;2,4H,1H3;2-3H,1H3;;;;;;;/q7*-1;;;;;;;. The number of pyridine rings is 1. The van der Waals surface area contributed by atoms with Gasteiger partial charge in [-0.15, -0.1) is 29.0 Å². The molecule has 0 spiro atoms. The Bertz CT molecular complexity index is 3170. The fraction of sp³-hybridized carbons (Fsp3) is 0.289. The Morgan fingerprint density at radius 1 is 0.444 bits per heavy atom. The molecule has 0 aliphatic carbocycles. The molecule has 81 heavy (non-hydrogen) atoms. The minimum absolute atomic E-state index is 0. The van der Waals surface area contributed by atoms with Crippen LogP contribution in [0.25, 0.3) is 33.2 Å². The van der Waals surface area contributed by atoms with E-state index in [0.717, 1.165) is 44.5 Å². The fourth-order valence-electron chi connectivity index (χ4n) is 5.45. The molecule has 0 bridgehead atoms. The van der Waals surface area contributed by atoms with Crippen LogP contribution in [0.2, 0.25) is 0 Å². The largest absolute Gasteiger partial charge is 0.481 e. The summed E-state index contributed by atoms with van der Waals surface area (Å²) in [6.45, 7) is 11.7. The molecule has 0 saturated carbocycles. The Balaban J connectivity index is -0.000000425. The molecule has 10 rings (SSSR count). The van der Waals surface area contributed by atoms with Crippen molar-refractivity contribution in [2.75, 3.05) is 49.3 Å². The van der Waals surface area contributed by atoms with Crippen LogP contribution in [0.1, 0.15) is 33.9 Å². The van der Waals surface area contributed by atoms with Crippen molar-refractivity contribution >= 4 is 77.6 Å². The molecule has 0 aliphatic rings. The number of nitrogens with zero attached hydrogens (tertiary/aromatic N) is 29. The average molecular weight is 2670 g/mol. The van der Waals surface area contributed by atoms with Crippen LogP contribution < -0.4 is 0 Å². The Morgan fingerprint density at radius 3 is 1.37 bits per heavy atom. The number of rotatable bonds is 7. The summed E-state index contributed by atoms with van der Waals surface area (Å²) in [6, 6.07) is 15.8. The molecule has 0 N–H and O–H groups in total. The molecular formula is C45H52N29U7-7. The fourth-order valence-corrected chi connectivity index (χ4v) is 5.45. The van der Waals surface area contributed by atoms with Gasteiger partial charge in [0.1, 0.15) is 6.33 Å². The zero-order valence-electron chi connectivity index (χ0n) is 46.5. The Hall–Kier alpha value is -2.60.